The Balaban J connectivity index is 1.44. The fraction of sp³-hybridized carbons (Fsp3) is 0.259. The lowest BCUT2D eigenvalue weighted by molar-refractivity contribution is -0.199. The largest absolute Gasteiger partial charge is 0.493 e. The van der Waals surface area contributed by atoms with E-state index in [0.29, 0.717) is 31.0 Å². The van der Waals surface area contributed by atoms with Gasteiger partial charge in [0.15, 0.2) is 0 Å². The van der Waals surface area contributed by atoms with E-state index in [9.17, 15) is 36.3 Å². The summed E-state index contributed by atoms with van der Waals surface area (Å²) in [4.78, 5) is 46.7. The molecule has 3 aromatic rings. The molecule has 4 heterocycles. The molecular formula is C27H21F5N4O5. The fourth-order valence-electron chi connectivity index (χ4n) is 4.48. The summed E-state index contributed by atoms with van der Waals surface area (Å²) in [7, 11) is 0. The van der Waals surface area contributed by atoms with Crippen molar-refractivity contribution in [3.05, 3.63) is 76.2 Å². The first-order chi connectivity index (χ1) is 19.5. The molecule has 9 nitrogen and oxygen atoms in total. The van der Waals surface area contributed by atoms with E-state index in [-0.39, 0.29) is 46.7 Å². The van der Waals surface area contributed by atoms with Gasteiger partial charge in [-0.25, -0.2) is 13.6 Å². The third kappa shape index (κ3) is 5.82. The zero-order valence-corrected chi connectivity index (χ0v) is 21.1. The van der Waals surface area contributed by atoms with E-state index in [0.717, 1.165) is 18.2 Å². The molecule has 0 atom stereocenters. The summed E-state index contributed by atoms with van der Waals surface area (Å²) in [5.41, 5.74) is -0.162. The molecule has 0 saturated carbocycles. The number of hydrogen-bond donors (Lipinski definition) is 1. The van der Waals surface area contributed by atoms with Gasteiger partial charge >= 0.3 is 12.1 Å². The molecule has 1 aromatic carbocycles. The van der Waals surface area contributed by atoms with Crippen LogP contribution in [-0.2, 0) is 16.0 Å². The molecule has 1 fully saturated rings. The second-order valence-electron chi connectivity index (χ2n) is 9.13. The van der Waals surface area contributed by atoms with Gasteiger partial charge < -0.3 is 19.8 Å². The first-order valence-electron chi connectivity index (χ1n) is 12.4. The summed E-state index contributed by atoms with van der Waals surface area (Å²) in [6.07, 6.45) is -1.54. The van der Waals surface area contributed by atoms with Crippen LogP contribution in [0, 0.1) is 11.6 Å². The number of alkyl halides is 3. The Bertz CT molecular complexity index is 1540. The standard InChI is InChI=1S/C27H21F5N4O5/c28-20-12-16(25(38)35-7-9-40-10-8-35)13-21(29)18(20)2-1-17-11-15(3-5-33-17)23-14-19-22(4-6-34-24(19)37)36(23)41-26(39)27(30,31)32/h1-3,5,11-14H,4,6-10H2,(H,34,37). The predicted molar refractivity (Wildman–Crippen MR) is 133 cm³/mol. The van der Waals surface area contributed by atoms with Gasteiger partial charge in [-0.05, 0) is 42.5 Å². The van der Waals surface area contributed by atoms with Gasteiger partial charge in [0.25, 0.3) is 11.8 Å². The maximum atomic E-state index is 14.8. The Hall–Kier alpha value is -4.59. The van der Waals surface area contributed by atoms with Crippen molar-refractivity contribution >= 4 is 29.9 Å². The Morgan fingerprint density at radius 2 is 1.76 bits per heavy atom. The molecule has 5 rings (SSSR count). The first-order valence-corrected chi connectivity index (χ1v) is 12.4. The average molecular weight is 576 g/mol. The summed E-state index contributed by atoms with van der Waals surface area (Å²) in [5, 5.41) is 2.56. The first kappa shape index (κ1) is 28.0. The molecule has 0 radical (unpaired) electrons. The second-order valence-corrected chi connectivity index (χ2v) is 9.13. The zero-order chi connectivity index (χ0) is 29.3. The van der Waals surface area contributed by atoms with Crippen LogP contribution in [0.5, 0.6) is 0 Å². The molecule has 1 N–H and O–H groups in total. The summed E-state index contributed by atoms with van der Waals surface area (Å²) >= 11 is 0. The van der Waals surface area contributed by atoms with Crippen LogP contribution in [0.2, 0.25) is 0 Å². The van der Waals surface area contributed by atoms with Crippen molar-refractivity contribution in [3.8, 4) is 11.3 Å². The van der Waals surface area contributed by atoms with E-state index in [1.807, 2.05) is 0 Å². The van der Waals surface area contributed by atoms with Crippen LogP contribution in [0.15, 0.2) is 36.5 Å². The highest BCUT2D eigenvalue weighted by Gasteiger charge is 2.43. The smallest absolute Gasteiger partial charge is 0.378 e. The number of carbonyl (C=O) groups is 3. The molecule has 0 bridgehead atoms. The summed E-state index contributed by atoms with van der Waals surface area (Å²) in [6, 6.07) is 5.92. The molecule has 0 unspecified atom stereocenters. The van der Waals surface area contributed by atoms with Crippen LogP contribution in [0.1, 0.15) is 37.7 Å². The van der Waals surface area contributed by atoms with Crippen LogP contribution in [-0.4, -0.2) is 71.4 Å². The Kier molecular flexibility index (Phi) is 7.58. The molecule has 2 aromatic heterocycles. The molecule has 2 aliphatic rings. The van der Waals surface area contributed by atoms with Crippen molar-refractivity contribution < 1.29 is 45.9 Å². The van der Waals surface area contributed by atoms with Crippen molar-refractivity contribution in [2.45, 2.75) is 12.6 Å². The fourth-order valence-corrected chi connectivity index (χ4v) is 4.48. The van der Waals surface area contributed by atoms with Crippen LogP contribution in [0.4, 0.5) is 22.0 Å². The number of rotatable bonds is 5. The van der Waals surface area contributed by atoms with Gasteiger partial charge in [-0.2, -0.15) is 17.9 Å². The Morgan fingerprint density at radius 1 is 1.05 bits per heavy atom. The van der Waals surface area contributed by atoms with Crippen molar-refractivity contribution in [1.29, 1.82) is 0 Å². The zero-order valence-electron chi connectivity index (χ0n) is 21.1. The minimum atomic E-state index is -5.28. The Labute approximate surface area is 229 Å². The van der Waals surface area contributed by atoms with Gasteiger partial charge in [0.05, 0.1) is 35.9 Å². The number of fused-ring (bicyclic) bond motifs is 1. The number of benzene rings is 1. The van der Waals surface area contributed by atoms with Gasteiger partial charge in [-0.3, -0.25) is 14.6 Å². The number of halogens is 5. The maximum absolute atomic E-state index is 14.8. The van der Waals surface area contributed by atoms with Gasteiger partial charge in [-0.1, -0.05) is 0 Å². The number of nitrogens with one attached hydrogen (secondary N) is 1. The molecule has 2 amide bonds. The molecule has 2 aliphatic heterocycles. The van der Waals surface area contributed by atoms with Crippen LogP contribution in [0.25, 0.3) is 23.4 Å². The van der Waals surface area contributed by atoms with Crippen molar-refractivity contribution in [3.63, 3.8) is 0 Å². The third-order valence-electron chi connectivity index (χ3n) is 6.48. The van der Waals surface area contributed by atoms with Crippen molar-refractivity contribution in [2.24, 2.45) is 0 Å². The molecule has 14 heteroatoms. The lowest BCUT2D eigenvalue weighted by Gasteiger charge is -2.27. The van der Waals surface area contributed by atoms with Crippen molar-refractivity contribution in [1.82, 2.24) is 19.9 Å². The average Bonchev–Trinajstić information content (AvgIpc) is 3.31. The van der Waals surface area contributed by atoms with Gasteiger partial charge in [0.1, 0.15) is 11.6 Å². The summed E-state index contributed by atoms with van der Waals surface area (Å²) in [6.45, 7) is 1.39. The molecule has 214 valence electrons. The molecule has 0 aliphatic carbocycles. The number of nitrogens with zero attached hydrogens (tertiary/aromatic N) is 3. The van der Waals surface area contributed by atoms with Crippen molar-refractivity contribution in [2.75, 3.05) is 32.8 Å². The highest BCUT2D eigenvalue weighted by atomic mass is 19.4. The van der Waals surface area contributed by atoms with Crippen LogP contribution in [0.3, 0.4) is 0 Å². The van der Waals surface area contributed by atoms with E-state index >= 15 is 0 Å². The molecule has 0 spiro atoms. The predicted octanol–water partition coefficient (Wildman–Crippen LogP) is 3.27. The number of aromatic nitrogens is 2. The minimum absolute atomic E-state index is 0.0333. The monoisotopic (exact) mass is 576 g/mol. The number of pyridine rings is 1. The number of ether oxygens (including phenoxy) is 1. The molecule has 41 heavy (non-hydrogen) atoms. The Morgan fingerprint density at radius 3 is 2.44 bits per heavy atom. The van der Waals surface area contributed by atoms with E-state index in [2.05, 4.69) is 15.1 Å². The number of carbonyl (C=O) groups excluding carboxylic acids is 3. The lowest BCUT2D eigenvalue weighted by Crippen LogP contribution is -2.40. The highest BCUT2D eigenvalue weighted by Crippen LogP contribution is 2.29. The van der Waals surface area contributed by atoms with Crippen LogP contribution >= 0.6 is 0 Å². The maximum Gasteiger partial charge on any atom is 0.493 e. The highest BCUT2D eigenvalue weighted by molar-refractivity contribution is 5.98. The van der Waals surface area contributed by atoms with E-state index in [4.69, 9.17) is 4.74 Å². The normalized spacial score (nSPS) is 15.5. The van der Waals surface area contributed by atoms with Gasteiger partial charge in [-0.15, -0.1) is 0 Å². The van der Waals surface area contributed by atoms with E-state index in [1.165, 1.54) is 35.4 Å². The lowest BCUT2D eigenvalue weighted by atomic mass is 10.1. The summed E-state index contributed by atoms with van der Waals surface area (Å²) < 4.78 is 74.4. The topological polar surface area (TPSA) is 103 Å². The third-order valence-corrected chi connectivity index (χ3v) is 6.48. The second kappa shape index (κ2) is 11.1. The number of hydrogen-bond acceptors (Lipinski definition) is 6. The van der Waals surface area contributed by atoms with E-state index in [1.54, 1.807) is 0 Å². The molecule has 1 saturated heterocycles. The van der Waals surface area contributed by atoms with E-state index < -0.39 is 41.2 Å². The minimum Gasteiger partial charge on any atom is -0.378 e. The van der Waals surface area contributed by atoms with Crippen LogP contribution < -0.4 is 10.2 Å². The van der Waals surface area contributed by atoms with Gasteiger partial charge in [0.2, 0.25) is 0 Å². The quantitative estimate of drug-likeness (QED) is 0.468. The number of morpholine rings is 1. The summed E-state index contributed by atoms with van der Waals surface area (Å²) in [5.74, 6) is -5.52. The van der Waals surface area contributed by atoms with Gasteiger partial charge in [0, 0.05) is 48.9 Å². The number of amides is 2. The molecular weight excluding hydrogens is 555 g/mol. The SMILES string of the molecule is O=C1NCCc2c1cc(-c1ccnc(C=Cc3c(F)cc(C(=O)N4CCOCC4)cc3F)c1)n2OC(=O)C(F)(F)F.